The lowest BCUT2D eigenvalue weighted by atomic mass is 9.61. The minimum Gasteiger partial charge on any atom is -0.403 e. The average Bonchev–Trinajstić information content (AvgIpc) is 2.78. The van der Waals surface area contributed by atoms with E-state index >= 15 is 0 Å². The van der Waals surface area contributed by atoms with Crippen LogP contribution in [0.15, 0.2) is 30.3 Å². The Hall–Kier alpha value is -1.33. The maximum atomic E-state index is 12.2. The third-order valence-electron chi connectivity index (χ3n) is 5.95. The molecule has 1 aromatic carbocycles. The molecule has 2 rings (SSSR count). The fraction of sp³-hybridized carbons (Fsp3) is 0.667. The topological polar surface area (TPSA) is 61.6 Å². The van der Waals surface area contributed by atoms with E-state index in [4.69, 9.17) is 15.0 Å². The number of amides is 1. The van der Waals surface area contributed by atoms with Crippen LogP contribution in [-0.2, 0) is 20.5 Å². The smallest absolute Gasteiger partial charge is 0.403 e. The summed E-state index contributed by atoms with van der Waals surface area (Å²) in [5.41, 5.74) is 6.27. The zero-order chi connectivity index (χ0) is 19.4. The first-order valence-corrected chi connectivity index (χ1v) is 9.87. The van der Waals surface area contributed by atoms with Gasteiger partial charge in [-0.15, -0.1) is 0 Å². The third kappa shape index (κ3) is 4.89. The van der Waals surface area contributed by atoms with Gasteiger partial charge in [0, 0.05) is 11.7 Å². The predicted octanol–water partition coefficient (Wildman–Crippen LogP) is 4.37. The van der Waals surface area contributed by atoms with Crippen molar-refractivity contribution in [3.05, 3.63) is 35.9 Å². The number of rotatable bonds is 9. The lowest BCUT2D eigenvalue weighted by Gasteiger charge is -2.32. The van der Waals surface area contributed by atoms with Crippen LogP contribution < -0.4 is 5.73 Å². The predicted molar refractivity (Wildman–Crippen MR) is 107 cm³/mol. The molecule has 144 valence electrons. The minimum atomic E-state index is -0.399. The van der Waals surface area contributed by atoms with E-state index in [1.54, 1.807) is 0 Å². The molecule has 1 aromatic rings. The van der Waals surface area contributed by atoms with Crippen LogP contribution >= 0.6 is 0 Å². The fourth-order valence-electron chi connectivity index (χ4n) is 3.66. The summed E-state index contributed by atoms with van der Waals surface area (Å²) in [5.74, 6) is -0.478. The molecule has 1 fully saturated rings. The zero-order valence-electron chi connectivity index (χ0n) is 17.0. The maximum absolute atomic E-state index is 12.2. The number of nitrogens with two attached hydrogens (primary N) is 1. The van der Waals surface area contributed by atoms with Gasteiger partial charge < -0.3 is 15.0 Å². The van der Waals surface area contributed by atoms with Crippen LogP contribution in [0.25, 0.3) is 0 Å². The molecule has 1 heterocycles. The number of hydrogen-bond acceptors (Lipinski definition) is 3. The van der Waals surface area contributed by atoms with Gasteiger partial charge in [-0.2, -0.15) is 0 Å². The Kier molecular flexibility index (Phi) is 6.92. The van der Waals surface area contributed by atoms with Crippen LogP contribution in [0, 0.1) is 5.92 Å². The van der Waals surface area contributed by atoms with Crippen molar-refractivity contribution < 1.29 is 14.1 Å². The minimum absolute atomic E-state index is 0.0165. The van der Waals surface area contributed by atoms with E-state index in [-0.39, 0.29) is 24.8 Å². The molecule has 0 bridgehead atoms. The number of primary amides is 1. The molecule has 0 aromatic heterocycles. The lowest BCUT2D eigenvalue weighted by molar-refractivity contribution is -0.122. The van der Waals surface area contributed by atoms with Crippen LogP contribution in [0.3, 0.4) is 0 Å². The molecule has 0 radical (unpaired) electrons. The second kappa shape index (κ2) is 8.58. The van der Waals surface area contributed by atoms with Gasteiger partial charge in [0.1, 0.15) is 0 Å². The fourth-order valence-corrected chi connectivity index (χ4v) is 3.66. The first-order valence-electron chi connectivity index (χ1n) is 9.87. The maximum Gasteiger partial charge on any atom is 0.461 e. The molecule has 5 heteroatoms. The van der Waals surface area contributed by atoms with Crippen molar-refractivity contribution >= 4 is 13.0 Å². The number of carbonyl (C=O) groups excluding carboxylic acids is 1. The summed E-state index contributed by atoms with van der Waals surface area (Å²) in [6.07, 6.45) is 4.51. The van der Waals surface area contributed by atoms with E-state index in [0.29, 0.717) is 0 Å². The Morgan fingerprint density at radius 1 is 1.08 bits per heavy atom. The van der Waals surface area contributed by atoms with Crippen LogP contribution in [-0.4, -0.2) is 24.2 Å². The van der Waals surface area contributed by atoms with Crippen molar-refractivity contribution in [3.8, 4) is 0 Å². The van der Waals surface area contributed by atoms with Crippen molar-refractivity contribution in [3.63, 3.8) is 0 Å². The van der Waals surface area contributed by atoms with Gasteiger partial charge in [-0.3, -0.25) is 4.79 Å². The molecule has 4 nitrogen and oxygen atoms in total. The standard InChI is InChI=1S/C21H34BNO3/c1-6-11-17(19(23)24)18(15-10-14-16-12-8-7-9-13-16)22-25-20(2,3)21(4,5)26-22/h7-9,12-13,17-18H,6,10-11,14-15H2,1-5H3,(H2,23,24)/t17?,18-/m1/s1. The van der Waals surface area contributed by atoms with Gasteiger partial charge in [0.25, 0.3) is 0 Å². The van der Waals surface area contributed by atoms with Crippen LogP contribution in [0.2, 0.25) is 5.82 Å². The van der Waals surface area contributed by atoms with E-state index < -0.39 is 11.2 Å². The SMILES string of the molecule is CCCC(C(N)=O)[C@@H](CCCc1ccccc1)B1OC(C)(C)C(C)(C)O1. The highest BCUT2D eigenvalue weighted by Crippen LogP contribution is 2.44. The number of hydrogen-bond donors (Lipinski definition) is 1. The van der Waals surface area contributed by atoms with Crippen molar-refractivity contribution in [2.24, 2.45) is 11.7 Å². The Morgan fingerprint density at radius 2 is 1.65 bits per heavy atom. The Morgan fingerprint density at radius 3 is 2.15 bits per heavy atom. The Bertz CT molecular complexity index is 572. The van der Waals surface area contributed by atoms with Crippen LogP contribution in [0.4, 0.5) is 0 Å². The first-order chi connectivity index (χ1) is 12.2. The molecule has 1 amide bonds. The monoisotopic (exact) mass is 359 g/mol. The van der Waals surface area contributed by atoms with Gasteiger partial charge in [-0.05, 0) is 52.5 Å². The van der Waals surface area contributed by atoms with Gasteiger partial charge in [0.2, 0.25) is 5.91 Å². The Balaban J connectivity index is 2.12. The van der Waals surface area contributed by atoms with Gasteiger partial charge in [0.05, 0.1) is 11.2 Å². The second-order valence-corrected chi connectivity index (χ2v) is 8.46. The van der Waals surface area contributed by atoms with Gasteiger partial charge in [-0.1, -0.05) is 50.1 Å². The molecular formula is C21H34BNO3. The summed E-state index contributed by atoms with van der Waals surface area (Å²) in [6.45, 7) is 10.3. The van der Waals surface area contributed by atoms with Crippen molar-refractivity contribution in [1.29, 1.82) is 0 Å². The number of benzene rings is 1. The molecule has 0 spiro atoms. The number of aryl methyl sites for hydroxylation is 1. The van der Waals surface area contributed by atoms with Gasteiger partial charge >= 0.3 is 7.12 Å². The molecule has 1 saturated heterocycles. The summed E-state index contributed by atoms with van der Waals surface area (Å²) in [6, 6.07) is 10.4. The van der Waals surface area contributed by atoms with E-state index in [2.05, 4.69) is 31.2 Å². The normalized spacial score (nSPS) is 20.7. The molecule has 0 saturated carbocycles. The molecular weight excluding hydrogens is 325 g/mol. The summed E-state index contributed by atoms with van der Waals surface area (Å²) in [5, 5.41) is 0. The molecule has 26 heavy (non-hydrogen) atoms. The lowest BCUT2D eigenvalue weighted by Crippen LogP contribution is -2.41. The van der Waals surface area contributed by atoms with E-state index in [9.17, 15) is 4.79 Å². The Labute approximate surface area is 159 Å². The van der Waals surface area contributed by atoms with Crippen molar-refractivity contribution in [2.45, 2.75) is 83.7 Å². The highest BCUT2D eigenvalue weighted by atomic mass is 16.7. The van der Waals surface area contributed by atoms with Crippen molar-refractivity contribution in [1.82, 2.24) is 0 Å². The van der Waals surface area contributed by atoms with E-state index in [1.807, 2.05) is 33.8 Å². The molecule has 0 aliphatic carbocycles. The average molecular weight is 359 g/mol. The van der Waals surface area contributed by atoms with Crippen LogP contribution in [0.1, 0.15) is 65.9 Å². The second-order valence-electron chi connectivity index (χ2n) is 8.46. The zero-order valence-corrected chi connectivity index (χ0v) is 17.0. The van der Waals surface area contributed by atoms with Gasteiger partial charge in [-0.25, -0.2) is 0 Å². The first kappa shape index (κ1) is 21.0. The molecule has 1 aliphatic rings. The van der Waals surface area contributed by atoms with E-state index in [1.165, 1.54) is 5.56 Å². The highest BCUT2D eigenvalue weighted by Gasteiger charge is 2.55. The summed E-state index contributed by atoms with van der Waals surface area (Å²) in [4.78, 5) is 12.2. The summed E-state index contributed by atoms with van der Waals surface area (Å²) >= 11 is 0. The summed E-state index contributed by atoms with van der Waals surface area (Å²) < 4.78 is 12.6. The van der Waals surface area contributed by atoms with Crippen LogP contribution in [0.5, 0.6) is 0 Å². The largest absolute Gasteiger partial charge is 0.461 e. The highest BCUT2D eigenvalue weighted by molar-refractivity contribution is 6.48. The molecule has 2 atom stereocenters. The third-order valence-corrected chi connectivity index (χ3v) is 5.95. The molecule has 1 unspecified atom stereocenters. The van der Waals surface area contributed by atoms with Gasteiger partial charge in [0.15, 0.2) is 0 Å². The quantitative estimate of drug-likeness (QED) is 0.666. The van der Waals surface area contributed by atoms with Crippen molar-refractivity contribution in [2.75, 3.05) is 0 Å². The number of carbonyl (C=O) groups is 1. The summed E-state index contributed by atoms with van der Waals surface area (Å²) in [7, 11) is -0.389. The molecule has 1 aliphatic heterocycles. The van der Waals surface area contributed by atoms with E-state index in [0.717, 1.165) is 32.1 Å². The molecule has 2 N–H and O–H groups in total.